The molecular formula is C21H20N4O3S. The fraction of sp³-hybridized carbons (Fsp3) is 0.238. The third-order valence-electron chi connectivity index (χ3n) is 4.29. The molecule has 0 fully saturated rings. The summed E-state index contributed by atoms with van der Waals surface area (Å²) in [7, 11) is 0. The summed E-state index contributed by atoms with van der Waals surface area (Å²) in [5.74, 6) is 2.28. The smallest absolute Gasteiger partial charge is 0.266 e. The van der Waals surface area contributed by atoms with Crippen LogP contribution < -0.4 is 10.3 Å². The van der Waals surface area contributed by atoms with Gasteiger partial charge in [0.25, 0.3) is 5.56 Å². The molecule has 2 aromatic heterocycles. The molecule has 0 amide bonds. The standard InChI is InChI=1S/C21H20N4O3S/c1-3-18-23-24-19(28-18)13-29-21-22-17-8-6-5-7-16(17)20(26)25(21)14-9-11-15(12-10-14)27-4-2/h5-12H,3-4,13H2,1-2H3. The monoisotopic (exact) mass is 408 g/mol. The lowest BCUT2D eigenvalue weighted by Gasteiger charge is -2.13. The average Bonchev–Trinajstić information content (AvgIpc) is 3.22. The molecule has 0 radical (unpaired) electrons. The Hall–Kier alpha value is -3.13. The lowest BCUT2D eigenvalue weighted by Crippen LogP contribution is -2.21. The minimum absolute atomic E-state index is 0.123. The van der Waals surface area contributed by atoms with Crippen molar-refractivity contribution in [3.63, 3.8) is 0 Å². The van der Waals surface area contributed by atoms with E-state index in [0.29, 0.717) is 46.6 Å². The van der Waals surface area contributed by atoms with E-state index in [4.69, 9.17) is 14.1 Å². The molecule has 0 saturated heterocycles. The summed E-state index contributed by atoms with van der Waals surface area (Å²) in [6.45, 7) is 4.47. The van der Waals surface area contributed by atoms with E-state index >= 15 is 0 Å². The Kier molecular flexibility index (Phi) is 5.62. The van der Waals surface area contributed by atoms with Gasteiger partial charge < -0.3 is 9.15 Å². The van der Waals surface area contributed by atoms with Gasteiger partial charge in [0, 0.05) is 6.42 Å². The van der Waals surface area contributed by atoms with Crippen molar-refractivity contribution in [1.29, 1.82) is 0 Å². The molecule has 2 aromatic carbocycles. The second-order valence-electron chi connectivity index (χ2n) is 6.21. The first-order valence-corrected chi connectivity index (χ1v) is 10.4. The Morgan fingerprint density at radius 1 is 1.03 bits per heavy atom. The summed E-state index contributed by atoms with van der Waals surface area (Å²) >= 11 is 1.39. The highest BCUT2D eigenvalue weighted by molar-refractivity contribution is 7.98. The number of benzene rings is 2. The molecule has 0 aliphatic rings. The van der Waals surface area contributed by atoms with Crippen molar-refractivity contribution >= 4 is 22.7 Å². The van der Waals surface area contributed by atoms with Crippen LogP contribution in [0.1, 0.15) is 25.6 Å². The van der Waals surface area contributed by atoms with Gasteiger partial charge in [-0.25, -0.2) is 4.98 Å². The topological polar surface area (TPSA) is 83.0 Å². The second kappa shape index (κ2) is 8.48. The largest absolute Gasteiger partial charge is 0.494 e. The molecule has 4 aromatic rings. The summed E-state index contributed by atoms with van der Waals surface area (Å²) in [5.41, 5.74) is 1.25. The summed E-state index contributed by atoms with van der Waals surface area (Å²) in [6.07, 6.45) is 0.683. The number of aryl methyl sites for hydroxylation is 1. The van der Waals surface area contributed by atoms with Crippen molar-refractivity contribution in [3.05, 3.63) is 70.7 Å². The lowest BCUT2D eigenvalue weighted by molar-refractivity contribution is 0.340. The van der Waals surface area contributed by atoms with Crippen molar-refractivity contribution in [2.24, 2.45) is 0 Å². The molecule has 148 valence electrons. The number of rotatable bonds is 7. The van der Waals surface area contributed by atoms with Crippen LogP contribution in [0, 0.1) is 0 Å². The molecular weight excluding hydrogens is 388 g/mol. The van der Waals surface area contributed by atoms with Gasteiger partial charge in [-0.2, -0.15) is 0 Å². The maximum absolute atomic E-state index is 13.2. The summed E-state index contributed by atoms with van der Waals surface area (Å²) in [6, 6.07) is 14.7. The fourth-order valence-corrected chi connectivity index (χ4v) is 3.76. The van der Waals surface area contributed by atoms with E-state index in [9.17, 15) is 4.79 Å². The molecule has 0 aliphatic heterocycles. The Balaban J connectivity index is 1.76. The highest BCUT2D eigenvalue weighted by atomic mass is 32.2. The van der Waals surface area contributed by atoms with Crippen LogP contribution >= 0.6 is 11.8 Å². The minimum Gasteiger partial charge on any atom is -0.494 e. The van der Waals surface area contributed by atoms with Crippen LogP contribution in [0.15, 0.2) is 62.9 Å². The van der Waals surface area contributed by atoms with Crippen molar-refractivity contribution in [1.82, 2.24) is 19.7 Å². The SMILES string of the molecule is CCOc1ccc(-n2c(SCc3nnc(CC)o3)nc3ccccc3c2=O)cc1. The van der Waals surface area contributed by atoms with Gasteiger partial charge in [0.15, 0.2) is 5.16 Å². The molecule has 8 heteroatoms. The molecule has 0 atom stereocenters. The zero-order valence-electron chi connectivity index (χ0n) is 16.2. The highest BCUT2D eigenvalue weighted by Crippen LogP contribution is 2.25. The molecule has 0 spiro atoms. The van der Waals surface area contributed by atoms with Gasteiger partial charge in [-0.15, -0.1) is 10.2 Å². The number of nitrogens with zero attached hydrogens (tertiary/aromatic N) is 4. The Bertz CT molecular complexity index is 1180. The van der Waals surface area contributed by atoms with Crippen molar-refractivity contribution in [2.45, 2.75) is 31.2 Å². The van der Waals surface area contributed by atoms with E-state index in [2.05, 4.69) is 10.2 Å². The Labute approximate surface area is 171 Å². The van der Waals surface area contributed by atoms with Gasteiger partial charge >= 0.3 is 0 Å². The maximum Gasteiger partial charge on any atom is 0.266 e. The third-order valence-corrected chi connectivity index (χ3v) is 5.21. The van der Waals surface area contributed by atoms with Crippen molar-refractivity contribution < 1.29 is 9.15 Å². The van der Waals surface area contributed by atoms with E-state index in [1.165, 1.54) is 11.8 Å². The minimum atomic E-state index is -0.123. The van der Waals surface area contributed by atoms with E-state index in [0.717, 1.165) is 11.4 Å². The van der Waals surface area contributed by atoms with Gasteiger partial charge in [0.2, 0.25) is 11.8 Å². The number of para-hydroxylation sites is 1. The number of hydrogen-bond donors (Lipinski definition) is 0. The van der Waals surface area contributed by atoms with Crippen LogP contribution in [0.4, 0.5) is 0 Å². The first-order valence-electron chi connectivity index (χ1n) is 9.38. The Morgan fingerprint density at radius 3 is 2.52 bits per heavy atom. The van der Waals surface area contributed by atoms with E-state index < -0.39 is 0 Å². The maximum atomic E-state index is 13.2. The summed E-state index contributed by atoms with van der Waals surface area (Å²) in [4.78, 5) is 18.0. The van der Waals surface area contributed by atoms with E-state index in [1.807, 2.05) is 56.3 Å². The number of fused-ring (bicyclic) bond motifs is 1. The normalized spacial score (nSPS) is 11.1. The molecule has 7 nitrogen and oxygen atoms in total. The van der Waals surface area contributed by atoms with Crippen LogP contribution in [-0.4, -0.2) is 26.4 Å². The van der Waals surface area contributed by atoms with Crippen LogP contribution in [-0.2, 0) is 12.2 Å². The number of ether oxygens (including phenoxy) is 1. The summed E-state index contributed by atoms with van der Waals surface area (Å²) < 4.78 is 12.7. The van der Waals surface area contributed by atoms with Crippen LogP contribution in [0.25, 0.3) is 16.6 Å². The zero-order chi connectivity index (χ0) is 20.2. The van der Waals surface area contributed by atoms with Gasteiger partial charge in [0.1, 0.15) is 5.75 Å². The first kappa shape index (κ1) is 19.2. The molecule has 0 aliphatic carbocycles. The average molecular weight is 408 g/mol. The first-order chi connectivity index (χ1) is 14.2. The lowest BCUT2D eigenvalue weighted by atomic mass is 10.2. The van der Waals surface area contributed by atoms with Crippen molar-refractivity contribution in [2.75, 3.05) is 6.61 Å². The number of aromatic nitrogens is 4. The third kappa shape index (κ3) is 4.02. The highest BCUT2D eigenvalue weighted by Gasteiger charge is 2.15. The quantitative estimate of drug-likeness (QED) is 0.337. The number of hydrogen-bond acceptors (Lipinski definition) is 7. The molecule has 29 heavy (non-hydrogen) atoms. The fourth-order valence-electron chi connectivity index (χ4n) is 2.91. The van der Waals surface area contributed by atoms with Gasteiger partial charge in [-0.3, -0.25) is 9.36 Å². The van der Waals surface area contributed by atoms with Gasteiger partial charge in [-0.05, 0) is 43.3 Å². The van der Waals surface area contributed by atoms with Crippen LogP contribution in [0.3, 0.4) is 0 Å². The second-order valence-corrected chi connectivity index (χ2v) is 7.15. The predicted octanol–water partition coefficient (Wildman–Crippen LogP) is 4.02. The van der Waals surface area contributed by atoms with Crippen molar-refractivity contribution in [3.8, 4) is 11.4 Å². The van der Waals surface area contributed by atoms with E-state index in [-0.39, 0.29) is 5.56 Å². The zero-order valence-corrected chi connectivity index (χ0v) is 17.0. The molecule has 0 N–H and O–H groups in total. The van der Waals surface area contributed by atoms with Gasteiger partial charge in [-0.1, -0.05) is 30.8 Å². The molecule has 0 saturated carbocycles. The van der Waals surface area contributed by atoms with Crippen LogP contribution in [0.5, 0.6) is 5.75 Å². The Morgan fingerprint density at radius 2 is 1.79 bits per heavy atom. The van der Waals surface area contributed by atoms with E-state index in [1.54, 1.807) is 10.6 Å². The predicted molar refractivity (Wildman–Crippen MR) is 112 cm³/mol. The molecule has 0 bridgehead atoms. The van der Waals surface area contributed by atoms with Crippen LogP contribution in [0.2, 0.25) is 0 Å². The number of thioether (sulfide) groups is 1. The summed E-state index contributed by atoms with van der Waals surface area (Å²) in [5, 5.41) is 9.17. The molecule has 0 unspecified atom stereocenters. The molecule has 4 rings (SSSR count). The molecule has 2 heterocycles. The van der Waals surface area contributed by atoms with Gasteiger partial charge in [0.05, 0.1) is 29.0 Å².